The van der Waals surface area contributed by atoms with Crippen molar-refractivity contribution < 1.29 is 14.7 Å². The van der Waals surface area contributed by atoms with Gasteiger partial charge in [0.25, 0.3) is 0 Å². The molecule has 1 amide bonds. The van der Waals surface area contributed by atoms with E-state index in [0.717, 1.165) is 25.1 Å². The maximum Gasteiger partial charge on any atom is 0.335 e. The molecule has 5 heteroatoms. The van der Waals surface area contributed by atoms with Gasteiger partial charge in [-0.1, -0.05) is 12.1 Å². The SMILES string of the molecule is CN1CCC(C(=O)NCc2cccc(C(=O)O)c2)C1. The number of carboxylic acid groups (broad SMARTS) is 1. The molecule has 1 aliphatic heterocycles. The van der Waals surface area contributed by atoms with Crippen molar-refractivity contribution in [1.82, 2.24) is 10.2 Å². The van der Waals surface area contributed by atoms with Crippen LogP contribution in [0.5, 0.6) is 0 Å². The summed E-state index contributed by atoms with van der Waals surface area (Å²) in [5.41, 5.74) is 1.05. The van der Waals surface area contributed by atoms with Gasteiger partial charge in [0.05, 0.1) is 11.5 Å². The van der Waals surface area contributed by atoms with Gasteiger partial charge in [0.2, 0.25) is 5.91 Å². The highest BCUT2D eigenvalue weighted by Crippen LogP contribution is 2.14. The van der Waals surface area contributed by atoms with Crippen LogP contribution in [0.15, 0.2) is 24.3 Å². The number of hydrogen-bond donors (Lipinski definition) is 2. The highest BCUT2D eigenvalue weighted by Gasteiger charge is 2.25. The first-order valence-corrected chi connectivity index (χ1v) is 6.35. The van der Waals surface area contributed by atoms with E-state index in [0.29, 0.717) is 6.54 Å². The number of hydrogen-bond acceptors (Lipinski definition) is 3. The molecule has 0 aromatic heterocycles. The average Bonchev–Trinajstić information content (AvgIpc) is 2.83. The molecule has 1 unspecified atom stereocenters. The van der Waals surface area contributed by atoms with Gasteiger partial charge < -0.3 is 15.3 Å². The monoisotopic (exact) mass is 262 g/mol. The van der Waals surface area contributed by atoms with Crippen LogP contribution in [0.3, 0.4) is 0 Å². The fourth-order valence-electron chi connectivity index (χ4n) is 2.30. The Hall–Kier alpha value is -1.88. The second-order valence-electron chi connectivity index (χ2n) is 4.97. The lowest BCUT2D eigenvalue weighted by Crippen LogP contribution is -2.31. The second kappa shape index (κ2) is 5.84. The molecule has 1 aromatic carbocycles. The Morgan fingerprint density at radius 2 is 2.26 bits per heavy atom. The standard InChI is InChI=1S/C14H18N2O3/c1-16-6-5-12(9-16)13(17)15-8-10-3-2-4-11(7-10)14(18)19/h2-4,7,12H,5-6,8-9H2,1H3,(H,15,17)(H,18,19). The molecule has 1 heterocycles. The summed E-state index contributed by atoms with van der Waals surface area (Å²) in [4.78, 5) is 24.9. The normalized spacial score (nSPS) is 19.3. The van der Waals surface area contributed by atoms with Crippen molar-refractivity contribution in [3.63, 3.8) is 0 Å². The van der Waals surface area contributed by atoms with Gasteiger partial charge in [0.15, 0.2) is 0 Å². The van der Waals surface area contributed by atoms with Crippen LogP contribution in [0.4, 0.5) is 0 Å². The van der Waals surface area contributed by atoms with Crippen LogP contribution in [0.2, 0.25) is 0 Å². The third-order valence-corrected chi connectivity index (χ3v) is 3.40. The summed E-state index contributed by atoms with van der Waals surface area (Å²) < 4.78 is 0. The van der Waals surface area contributed by atoms with Gasteiger partial charge in [0.1, 0.15) is 0 Å². The minimum atomic E-state index is -0.953. The van der Waals surface area contributed by atoms with E-state index >= 15 is 0 Å². The summed E-state index contributed by atoms with van der Waals surface area (Å²) in [5.74, 6) is -0.858. The van der Waals surface area contributed by atoms with Gasteiger partial charge in [0, 0.05) is 13.1 Å². The molecule has 1 fully saturated rings. The Labute approximate surface area is 112 Å². The number of carbonyl (C=O) groups excluding carboxylic acids is 1. The van der Waals surface area contributed by atoms with Gasteiger partial charge in [-0.2, -0.15) is 0 Å². The summed E-state index contributed by atoms with van der Waals surface area (Å²) in [6.45, 7) is 2.12. The van der Waals surface area contributed by atoms with Crippen molar-refractivity contribution in [2.75, 3.05) is 20.1 Å². The first-order valence-electron chi connectivity index (χ1n) is 6.35. The van der Waals surface area contributed by atoms with Gasteiger partial charge in [-0.15, -0.1) is 0 Å². The van der Waals surface area contributed by atoms with E-state index in [1.54, 1.807) is 18.2 Å². The minimum absolute atomic E-state index is 0.0464. The van der Waals surface area contributed by atoms with Gasteiger partial charge >= 0.3 is 5.97 Å². The van der Waals surface area contributed by atoms with E-state index in [1.807, 2.05) is 13.1 Å². The lowest BCUT2D eigenvalue weighted by atomic mass is 10.1. The molecule has 1 aliphatic rings. The summed E-state index contributed by atoms with van der Waals surface area (Å²) in [5, 5.41) is 11.8. The van der Waals surface area contributed by atoms with E-state index in [9.17, 15) is 9.59 Å². The maximum absolute atomic E-state index is 11.9. The van der Waals surface area contributed by atoms with Gasteiger partial charge in [-0.3, -0.25) is 4.79 Å². The van der Waals surface area contributed by atoms with Crippen molar-refractivity contribution in [3.05, 3.63) is 35.4 Å². The fourth-order valence-corrected chi connectivity index (χ4v) is 2.30. The first kappa shape index (κ1) is 13.5. The number of aromatic carboxylic acids is 1. The van der Waals surface area contributed by atoms with Crippen LogP contribution in [-0.4, -0.2) is 42.0 Å². The maximum atomic E-state index is 11.9. The van der Waals surface area contributed by atoms with E-state index in [1.165, 1.54) is 0 Å². The number of rotatable bonds is 4. The number of nitrogens with one attached hydrogen (secondary N) is 1. The van der Waals surface area contributed by atoms with E-state index in [2.05, 4.69) is 10.2 Å². The number of carbonyl (C=O) groups is 2. The average molecular weight is 262 g/mol. The molecular formula is C14H18N2O3. The van der Waals surface area contributed by atoms with Crippen molar-refractivity contribution in [1.29, 1.82) is 0 Å². The lowest BCUT2D eigenvalue weighted by Gasteiger charge is -2.11. The molecule has 1 atom stereocenters. The number of nitrogens with zero attached hydrogens (tertiary/aromatic N) is 1. The van der Waals surface area contributed by atoms with E-state index < -0.39 is 5.97 Å². The van der Waals surface area contributed by atoms with Crippen LogP contribution in [0, 0.1) is 5.92 Å². The molecule has 1 saturated heterocycles. The van der Waals surface area contributed by atoms with Gasteiger partial charge in [-0.25, -0.2) is 4.79 Å². The van der Waals surface area contributed by atoms with Crippen molar-refractivity contribution in [3.8, 4) is 0 Å². The third-order valence-electron chi connectivity index (χ3n) is 3.40. The molecule has 102 valence electrons. The minimum Gasteiger partial charge on any atom is -0.478 e. The van der Waals surface area contributed by atoms with E-state index in [-0.39, 0.29) is 17.4 Å². The van der Waals surface area contributed by atoms with Crippen molar-refractivity contribution in [2.24, 2.45) is 5.92 Å². The quantitative estimate of drug-likeness (QED) is 0.847. The summed E-state index contributed by atoms with van der Waals surface area (Å²) in [7, 11) is 2.00. The highest BCUT2D eigenvalue weighted by molar-refractivity contribution is 5.87. The Kier molecular flexibility index (Phi) is 4.16. The number of carboxylic acids is 1. The van der Waals surface area contributed by atoms with Crippen LogP contribution >= 0.6 is 0 Å². The lowest BCUT2D eigenvalue weighted by molar-refractivity contribution is -0.124. The molecule has 1 aromatic rings. The predicted molar refractivity (Wildman–Crippen MR) is 70.9 cm³/mol. The molecule has 19 heavy (non-hydrogen) atoms. The van der Waals surface area contributed by atoms with Crippen LogP contribution < -0.4 is 5.32 Å². The Morgan fingerprint density at radius 3 is 2.89 bits per heavy atom. The highest BCUT2D eigenvalue weighted by atomic mass is 16.4. The van der Waals surface area contributed by atoms with Crippen molar-refractivity contribution in [2.45, 2.75) is 13.0 Å². The number of benzene rings is 1. The fraction of sp³-hybridized carbons (Fsp3) is 0.429. The molecule has 0 bridgehead atoms. The zero-order chi connectivity index (χ0) is 13.8. The molecular weight excluding hydrogens is 244 g/mol. The summed E-state index contributed by atoms with van der Waals surface area (Å²) in [6.07, 6.45) is 0.886. The molecule has 0 spiro atoms. The smallest absolute Gasteiger partial charge is 0.335 e. The molecule has 2 rings (SSSR count). The van der Waals surface area contributed by atoms with Crippen LogP contribution in [0.1, 0.15) is 22.3 Å². The molecule has 0 radical (unpaired) electrons. The van der Waals surface area contributed by atoms with Crippen LogP contribution in [0.25, 0.3) is 0 Å². The Bertz CT molecular complexity index is 487. The summed E-state index contributed by atoms with van der Waals surface area (Å²) in [6, 6.07) is 6.63. The van der Waals surface area contributed by atoms with Gasteiger partial charge in [-0.05, 0) is 37.7 Å². The first-order chi connectivity index (χ1) is 9.06. The van der Waals surface area contributed by atoms with Crippen LogP contribution in [-0.2, 0) is 11.3 Å². The molecule has 5 nitrogen and oxygen atoms in total. The molecule has 0 saturated carbocycles. The molecule has 0 aliphatic carbocycles. The zero-order valence-electron chi connectivity index (χ0n) is 10.9. The number of amides is 1. The van der Waals surface area contributed by atoms with Crippen molar-refractivity contribution >= 4 is 11.9 Å². The predicted octanol–water partition coefficient (Wildman–Crippen LogP) is 0.953. The topological polar surface area (TPSA) is 69.6 Å². The van der Waals surface area contributed by atoms with E-state index in [4.69, 9.17) is 5.11 Å². The Morgan fingerprint density at radius 1 is 1.47 bits per heavy atom. The second-order valence-corrected chi connectivity index (χ2v) is 4.97. The summed E-state index contributed by atoms with van der Waals surface area (Å²) >= 11 is 0. The Balaban J connectivity index is 1.90. The zero-order valence-corrected chi connectivity index (χ0v) is 10.9. The number of likely N-dealkylation sites (tertiary alicyclic amines) is 1. The largest absolute Gasteiger partial charge is 0.478 e. The molecule has 2 N–H and O–H groups in total. The third kappa shape index (κ3) is 3.54.